The molecule has 0 aromatic heterocycles. The number of carbonyl (C=O) groups excluding carboxylic acids is 1. The first kappa shape index (κ1) is 14.9. The van der Waals surface area contributed by atoms with Crippen molar-refractivity contribution in [3.8, 4) is 0 Å². The van der Waals surface area contributed by atoms with E-state index in [0.717, 1.165) is 38.1 Å². The van der Waals surface area contributed by atoms with Gasteiger partial charge in [-0.1, -0.05) is 12.1 Å². The maximum atomic E-state index is 12.6. The van der Waals surface area contributed by atoms with Gasteiger partial charge < -0.3 is 15.4 Å². The SMILES string of the molecule is COCC1CCCN(C(=O)C(C)c2cccc(N)c2)C1. The van der Waals surface area contributed by atoms with Crippen molar-refractivity contribution >= 4 is 11.6 Å². The van der Waals surface area contributed by atoms with Crippen LogP contribution in [-0.4, -0.2) is 37.6 Å². The summed E-state index contributed by atoms with van der Waals surface area (Å²) < 4.78 is 5.22. The Labute approximate surface area is 120 Å². The van der Waals surface area contributed by atoms with Crippen LogP contribution in [0.4, 0.5) is 5.69 Å². The first-order valence-corrected chi connectivity index (χ1v) is 7.25. The van der Waals surface area contributed by atoms with Gasteiger partial charge in [0.2, 0.25) is 5.91 Å². The highest BCUT2D eigenvalue weighted by molar-refractivity contribution is 5.83. The second-order valence-corrected chi connectivity index (χ2v) is 5.64. The van der Waals surface area contributed by atoms with Crippen molar-refractivity contribution in [2.45, 2.75) is 25.7 Å². The third-order valence-corrected chi connectivity index (χ3v) is 4.01. The maximum Gasteiger partial charge on any atom is 0.229 e. The molecular weight excluding hydrogens is 252 g/mol. The lowest BCUT2D eigenvalue weighted by Crippen LogP contribution is -2.42. The minimum atomic E-state index is -0.139. The van der Waals surface area contributed by atoms with E-state index in [-0.39, 0.29) is 11.8 Å². The lowest BCUT2D eigenvalue weighted by Gasteiger charge is -2.34. The van der Waals surface area contributed by atoms with Crippen LogP contribution in [0.1, 0.15) is 31.2 Å². The summed E-state index contributed by atoms with van der Waals surface area (Å²) in [6.07, 6.45) is 2.20. The fourth-order valence-corrected chi connectivity index (χ4v) is 2.88. The molecule has 0 spiro atoms. The highest BCUT2D eigenvalue weighted by Gasteiger charge is 2.27. The average Bonchev–Trinajstić information content (AvgIpc) is 2.46. The van der Waals surface area contributed by atoms with Crippen LogP contribution in [0.3, 0.4) is 0 Å². The van der Waals surface area contributed by atoms with Crippen molar-refractivity contribution in [1.82, 2.24) is 4.90 Å². The first-order valence-electron chi connectivity index (χ1n) is 7.25. The van der Waals surface area contributed by atoms with E-state index in [9.17, 15) is 4.79 Å². The van der Waals surface area contributed by atoms with E-state index in [1.807, 2.05) is 36.1 Å². The Balaban J connectivity index is 2.03. The Morgan fingerprint density at radius 3 is 3.05 bits per heavy atom. The summed E-state index contributed by atoms with van der Waals surface area (Å²) in [5, 5.41) is 0. The van der Waals surface area contributed by atoms with Crippen molar-refractivity contribution in [3.05, 3.63) is 29.8 Å². The summed E-state index contributed by atoms with van der Waals surface area (Å²) in [5.41, 5.74) is 7.49. The number of nitrogen functional groups attached to an aromatic ring is 1. The summed E-state index contributed by atoms with van der Waals surface area (Å²) in [4.78, 5) is 14.6. The Bertz CT molecular complexity index is 460. The van der Waals surface area contributed by atoms with E-state index < -0.39 is 0 Å². The Morgan fingerprint density at radius 2 is 2.35 bits per heavy atom. The number of likely N-dealkylation sites (tertiary alicyclic amines) is 1. The van der Waals surface area contributed by atoms with Crippen molar-refractivity contribution in [2.75, 3.05) is 32.5 Å². The number of hydrogen-bond acceptors (Lipinski definition) is 3. The fraction of sp³-hybridized carbons (Fsp3) is 0.562. The molecule has 110 valence electrons. The molecule has 2 N–H and O–H groups in total. The van der Waals surface area contributed by atoms with Gasteiger partial charge in [-0.25, -0.2) is 0 Å². The molecule has 1 amide bonds. The van der Waals surface area contributed by atoms with Gasteiger partial charge in [-0.05, 0) is 43.4 Å². The molecule has 4 nitrogen and oxygen atoms in total. The van der Waals surface area contributed by atoms with Crippen molar-refractivity contribution < 1.29 is 9.53 Å². The molecule has 0 bridgehead atoms. The molecule has 0 saturated carbocycles. The molecule has 0 aliphatic carbocycles. The number of amides is 1. The van der Waals surface area contributed by atoms with E-state index >= 15 is 0 Å². The van der Waals surface area contributed by atoms with Crippen LogP contribution in [0.2, 0.25) is 0 Å². The standard InChI is InChI=1S/C16H24N2O2/c1-12(14-6-3-7-15(17)9-14)16(19)18-8-4-5-13(10-18)11-20-2/h3,6-7,9,12-13H,4-5,8,10-11,17H2,1-2H3. The lowest BCUT2D eigenvalue weighted by atomic mass is 9.95. The molecule has 0 radical (unpaired) electrons. The number of rotatable bonds is 4. The molecular formula is C16H24N2O2. The molecule has 2 rings (SSSR count). The number of piperidine rings is 1. The van der Waals surface area contributed by atoms with Gasteiger partial charge in [-0.3, -0.25) is 4.79 Å². The van der Waals surface area contributed by atoms with Gasteiger partial charge in [0.05, 0.1) is 12.5 Å². The number of nitrogens with zero attached hydrogens (tertiary/aromatic N) is 1. The minimum Gasteiger partial charge on any atom is -0.399 e. The van der Waals surface area contributed by atoms with E-state index in [4.69, 9.17) is 10.5 Å². The largest absolute Gasteiger partial charge is 0.399 e. The Kier molecular flexibility index (Phi) is 5.01. The molecule has 2 unspecified atom stereocenters. The number of anilines is 1. The van der Waals surface area contributed by atoms with Gasteiger partial charge >= 0.3 is 0 Å². The van der Waals surface area contributed by atoms with Crippen molar-refractivity contribution in [3.63, 3.8) is 0 Å². The maximum absolute atomic E-state index is 12.6. The lowest BCUT2D eigenvalue weighted by molar-refractivity contribution is -0.134. The third kappa shape index (κ3) is 3.51. The van der Waals surface area contributed by atoms with Crippen LogP contribution in [0, 0.1) is 5.92 Å². The Hall–Kier alpha value is -1.55. The summed E-state index contributed by atoms with van der Waals surface area (Å²) in [6.45, 7) is 4.35. The van der Waals surface area contributed by atoms with Gasteiger partial charge in [0, 0.05) is 25.9 Å². The van der Waals surface area contributed by atoms with Gasteiger partial charge in [0.25, 0.3) is 0 Å². The van der Waals surface area contributed by atoms with E-state index in [1.165, 1.54) is 0 Å². The molecule has 20 heavy (non-hydrogen) atoms. The second kappa shape index (κ2) is 6.75. The average molecular weight is 276 g/mol. The molecule has 1 aromatic rings. The summed E-state index contributed by atoms with van der Waals surface area (Å²) in [6, 6.07) is 7.60. The molecule has 2 atom stereocenters. The monoisotopic (exact) mass is 276 g/mol. The summed E-state index contributed by atoms with van der Waals surface area (Å²) in [7, 11) is 1.72. The van der Waals surface area contributed by atoms with E-state index in [1.54, 1.807) is 7.11 Å². The van der Waals surface area contributed by atoms with Crippen LogP contribution in [0.5, 0.6) is 0 Å². The molecule has 1 aliphatic heterocycles. The smallest absolute Gasteiger partial charge is 0.229 e. The fourth-order valence-electron chi connectivity index (χ4n) is 2.88. The predicted octanol–water partition coefficient (Wildman–Crippen LogP) is 2.26. The molecule has 4 heteroatoms. The van der Waals surface area contributed by atoms with E-state index in [0.29, 0.717) is 11.6 Å². The number of carbonyl (C=O) groups is 1. The zero-order valence-electron chi connectivity index (χ0n) is 12.3. The van der Waals surface area contributed by atoms with Crippen LogP contribution < -0.4 is 5.73 Å². The Morgan fingerprint density at radius 1 is 1.55 bits per heavy atom. The molecule has 1 heterocycles. The van der Waals surface area contributed by atoms with Gasteiger partial charge in [0.15, 0.2) is 0 Å². The quantitative estimate of drug-likeness (QED) is 0.858. The molecule has 1 aromatic carbocycles. The van der Waals surface area contributed by atoms with Crippen LogP contribution in [-0.2, 0) is 9.53 Å². The van der Waals surface area contributed by atoms with Crippen LogP contribution >= 0.6 is 0 Å². The van der Waals surface area contributed by atoms with Gasteiger partial charge in [0.1, 0.15) is 0 Å². The number of methoxy groups -OCH3 is 1. The van der Waals surface area contributed by atoms with E-state index in [2.05, 4.69) is 0 Å². The molecule has 1 saturated heterocycles. The zero-order valence-corrected chi connectivity index (χ0v) is 12.3. The second-order valence-electron chi connectivity index (χ2n) is 5.64. The minimum absolute atomic E-state index is 0.139. The van der Waals surface area contributed by atoms with Crippen molar-refractivity contribution in [2.24, 2.45) is 5.92 Å². The molecule has 1 aliphatic rings. The molecule has 1 fully saturated rings. The number of benzene rings is 1. The van der Waals surface area contributed by atoms with Gasteiger partial charge in [-0.2, -0.15) is 0 Å². The number of hydrogen-bond donors (Lipinski definition) is 1. The topological polar surface area (TPSA) is 55.6 Å². The zero-order chi connectivity index (χ0) is 14.5. The van der Waals surface area contributed by atoms with Crippen LogP contribution in [0.15, 0.2) is 24.3 Å². The highest BCUT2D eigenvalue weighted by Crippen LogP contribution is 2.24. The summed E-state index contributed by atoms with van der Waals surface area (Å²) >= 11 is 0. The van der Waals surface area contributed by atoms with Gasteiger partial charge in [-0.15, -0.1) is 0 Å². The first-order chi connectivity index (χ1) is 9.61. The number of ether oxygens (including phenoxy) is 1. The normalized spacial score (nSPS) is 20.7. The van der Waals surface area contributed by atoms with Crippen molar-refractivity contribution in [1.29, 1.82) is 0 Å². The van der Waals surface area contributed by atoms with Crippen LogP contribution in [0.25, 0.3) is 0 Å². The highest BCUT2D eigenvalue weighted by atomic mass is 16.5. The third-order valence-electron chi connectivity index (χ3n) is 4.01. The summed E-state index contributed by atoms with van der Waals surface area (Å²) in [5.74, 6) is 0.516. The number of nitrogens with two attached hydrogens (primary N) is 1. The predicted molar refractivity (Wildman–Crippen MR) is 80.4 cm³/mol.